The highest BCUT2D eigenvalue weighted by Crippen LogP contribution is 2.40. The Balaban J connectivity index is 1.66. The summed E-state index contributed by atoms with van der Waals surface area (Å²) >= 11 is 0. The molecule has 2 aromatic rings. The van der Waals surface area contributed by atoms with Crippen LogP contribution in [-0.2, 0) is 11.3 Å². The summed E-state index contributed by atoms with van der Waals surface area (Å²) in [6.07, 6.45) is 2.87. The summed E-state index contributed by atoms with van der Waals surface area (Å²) in [6, 6.07) is 9.54. The molecule has 3 rings (SSSR count). The van der Waals surface area contributed by atoms with E-state index in [0.29, 0.717) is 30.3 Å². The van der Waals surface area contributed by atoms with E-state index in [-0.39, 0.29) is 17.8 Å². The average molecular weight is 429 g/mol. The van der Waals surface area contributed by atoms with Crippen LogP contribution in [0.25, 0.3) is 5.57 Å². The number of halogens is 1. The topological polar surface area (TPSA) is 60.0 Å². The van der Waals surface area contributed by atoms with Crippen LogP contribution < -0.4 is 19.5 Å². The Morgan fingerprint density at radius 2 is 1.74 bits per heavy atom. The molecule has 0 spiro atoms. The standard InChI is InChI=1S/C24H29FN2O4/c1-16(24(28)26-15-17-5-7-19(25)8-6-17)27-11-9-18(10-12-27)23-21(30-3)13-20(29-2)14-22(23)31-4/h5-9,13-14,16H,10-12,15H2,1-4H3,(H,26,28)/t16-/m1/s1. The molecule has 0 saturated carbocycles. The molecule has 0 aromatic heterocycles. The molecule has 0 aliphatic carbocycles. The summed E-state index contributed by atoms with van der Waals surface area (Å²) < 4.78 is 29.5. The molecule has 0 unspecified atom stereocenters. The van der Waals surface area contributed by atoms with Gasteiger partial charge in [-0.15, -0.1) is 0 Å². The number of carbonyl (C=O) groups excluding carboxylic acids is 1. The van der Waals surface area contributed by atoms with Gasteiger partial charge in [-0.1, -0.05) is 18.2 Å². The van der Waals surface area contributed by atoms with Crippen molar-refractivity contribution in [1.29, 1.82) is 0 Å². The van der Waals surface area contributed by atoms with Crippen molar-refractivity contribution < 1.29 is 23.4 Å². The quantitative estimate of drug-likeness (QED) is 0.696. The third-order valence-corrected chi connectivity index (χ3v) is 5.58. The molecule has 0 radical (unpaired) electrons. The van der Waals surface area contributed by atoms with Crippen molar-refractivity contribution >= 4 is 11.5 Å². The number of hydrogen-bond acceptors (Lipinski definition) is 5. The first-order chi connectivity index (χ1) is 15.0. The summed E-state index contributed by atoms with van der Waals surface area (Å²) in [7, 11) is 4.86. The first-order valence-corrected chi connectivity index (χ1v) is 10.2. The minimum atomic E-state index is -0.288. The van der Waals surface area contributed by atoms with Gasteiger partial charge in [0, 0.05) is 31.8 Å². The van der Waals surface area contributed by atoms with Crippen molar-refractivity contribution in [3.8, 4) is 17.2 Å². The predicted molar refractivity (Wildman–Crippen MR) is 118 cm³/mol. The van der Waals surface area contributed by atoms with Crippen LogP contribution in [-0.4, -0.2) is 51.3 Å². The van der Waals surface area contributed by atoms with E-state index in [1.165, 1.54) is 12.1 Å². The zero-order valence-corrected chi connectivity index (χ0v) is 18.4. The third-order valence-electron chi connectivity index (χ3n) is 5.58. The van der Waals surface area contributed by atoms with Gasteiger partial charge in [-0.25, -0.2) is 4.39 Å². The van der Waals surface area contributed by atoms with Gasteiger partial charge in [-0.3, -0.25) is 9.69 Å². The molecule has 0 bridgehead atoms. The van der Waals surface area contributed by atoms with E-state index in [9.17, 15) is 9.18 Å². The zero-order chi connectivity index (χ0) is 22.4. The van der Waals surface area contributed by atoms with E-state index in [1.807, 2.05) is 19.1 Å². The third kappa shape index (κ3) is 5.35. The van der Waals surface area contributed by atoms with Crippen molar-refractivity contribution in [3.63, 3.8) is 0 Å². The summed E-state index contributed by atoms with van der Waals surface area (Å²) in [4.78, 5) is 14.7. The first-order valence-electron chi connectivity index (χ1n) is 10.2. The molecular weight excluding hydrogens is 399 g/mol. The fourth-order valence-corrected chi connectivity index (χ4v) is 3.69. The van der Waals surface area contributed by atoms with Gasteiger partial charge in [0.15, 0.2) is 0 Å². The van der Waals surface area contributed by atoms with Crippen molar-refractivity contribution in [1.82, 2.24) is 10.2 Å². The lowest BCUT2D eigenvalue weighted by molar-refractivity contribution is -0.125. The fraction of sp³-hybridized carbons (Fsp3) is 0.375. The SMILES string of the molecule is COc1cc(OC)c(C2=CCN([C@H](C)C(=O)NCc3ccc(F)cc3)CC2)c(OC)c1. The van der Waals surface area contributed by atoms with E-state index in [1.54, 1.807) is 33.5 Å². The summed E-state index contributed by atoms with van der Waals surface area (Å²) in [5.41, 5.74) is 2.90. The molecule has 1 aliphatic rings. The largest absolute Gasteiger partial charge is 0.496 e. The molecule has 1 aliphatic heterocycles. The number of nitrogens with one attached hydrogen (secondary N) is 1. The maximum absolute atomic E-state index is 13.0. The number of hydrogen-bond donors (Lipinski definition) is 1. The van der Waals surface area contributed by atoms with Crippen molar-refractivity contribution in [2.75, 3.05) is 34.4 Å². The molecule has 166 valence electrons. The monoisotopic (exact) mass is 428 g/mol. The van der Waals surface area contributed by atoms with Crippen molar-refractivity contribution in [3.05, 3.63) is 59.4 Å². The molecular formula is C24H29FN2O4. The molecule has 31 heavy (non-hydrogen) atoms. The van der Waals surface area contributed by atoms with Crippen LogP contribution in [0.2, 0.25) is 0 Å². The van der Waals surface area contributed by atoms with Gasteiger partial charge >= 0.3 is 0 Å². The Labute approximate surface area is 182 Å². The first kappa shape index (κ1) is 22.6. The van der Waals surface area contributed by atoms with E-state index in [2.05, 4.69) is 16.3 Å². The molecule has 1 N–H and O–H groups in total. The molecule has 7 heteroatoms. The molecule has 1 atom stereocenters. The summed E-state index contributed by atoms with van der Waals surface area (Å²) in [5, 5.41) is 2.93. The lowest BCUT2D eigenvalue weighted by atomic mass is 9.96. The second-order valence-electron chi connectivity index (χ2n) is 7.40. The van der Waals surface area contributed by atoms with Crippen molar-refractivity contribution in [2.24, 2.45) is 0 Å². The Bertz CT molecular complexity index is 918. The Morgan fingerprint density at radius 3 is 2.26 bits per heavy atom. The van der Waals surface area contributed by atoms with Crippen LogP contribution in [0.3, 0.4) is 0 Å². The van der Waals surface area contributed by atoms with E-state index >= 15 is 0 Å². The molecule has 0 saturated heterocycles. The number of amides is 1. The Kier molecular flexibility index (Phi) is 7.52. The molecule has 6 nitrogen and oxygen atoms in total. The number of ether oxygens (including phenoxy) is 3. The smallest absolute Gasteiger partial charge is 0.237 e. The van der Waals surface area contributed by atoms with Gasteiger partial charge in [0.05, 0.1) is 32.9 Å². The second-order valence-corrected chi connectivity index (χ2v) is 7.40. The lowest BCUT2D eigenvalue weighted by Crippen LogP contribution is -2.46. The zero-order valence-electron chi connectivity index (χ0n) is 18.4. The lowest BCUT2D eigenvalue weighted by Gasteiger charge is -2.31. The van der Waals surface area contributed by atoms with Crippen LogP contribution in [0.4, 0.5) is 4.39 Å². The van der Waals surface area contributed by atoms with Crippen molar-refractivity contribution in [2.45, 2.75) is 25.9 Å². The Morgan fingerprint density at radius 1 is 1.10 bits per heavy atom. The minimum absolute atomic E-state index is 0.0548. The van der Waals surface area contributed by atoms with E-state index < -0.39 is 0 Å². The number of benzene rings is 2. The number of methoxy groups -OCH3 is 3. The average Bonchev–Trinajstić information content (AvgIpc) is 2.82. The maximum atomic E-state index is 13.0. The fourth-order valence-electron chi connectivity index (χ4n) is 3.69. The predicted octanol–water partition coefficient (Wildman–Crippen LogP) is 3.65. The van der Waals surface area contributed by atoms with Crippen LogP contribution >= 0.6 is 0 Å². The van der Waals surface area contributed by atoms with Crippen LogP contribution in [0.5, 0.6) is 17.2 Å². The highest BCUT2D eigenvalue weighted by molar-refractivity contribution is 5.82. The van der Waals surface area contributed by atoms with E-state index in [0.717, 1.165) is 29.7 Å². The molecule has 0 fully saturated rings. The minimum Gasteiger partial charge on any atom is -0.496 e. The van der Waals surface area contributed by atoms with Gasteiger partial charge in [0.25, 0.3) is 0 Å². The molecule has 2 aromatic carbocycles. The highest BCUT2D eigenvalue weighted by atomic mass is 19.1. The van der Waals surface area contributed by atoms with Gasteiger partial charge in [-0.05, 0) is 36.6 Å². The summed E-state index contributed by atoms with van der Waals surface area (Å²) in [6.45, 7) is 3.64. The van der Waals surface area contributed by atoms with Crippen LogP contribution in [0.15, 0.2) is 42.5 Å². The second kappa shape index (κ2) is 10.3. The molecule has 1 heterocycles. The number of carbonyl (C=O) groups is 1. The normalized spacial score (nSPS) is 15.1. The molecule has 1 amide bonds. The van der Waals surface area contributed by atoms with E-state index in [4.69, 9.17) is 14.2 Å². The van der Waals surface area contributed by atoms with Gasteiger partial charge in [-0.2, -0.15) is 0 Å². The number of nitrogens with zero attached hydrogens (tertiary/aromatic N) is 1. The highest BCUT2D eigenvalue weighted by Gasteiger charge is 2.26. The van der Waals surface area contributed by atoms with Gasteiger partial charge in [0.2, 0.25) is 5.91 Å². The van der Waals surface area contributed by atoms with Gasteiger partial charge < -0.3 is 19.5 Å². The van der Waals surface area contributed by atoms with Gasteiger partial charge in [0.1, 0.15) is 23.1 Å². The van der Waals surface area contributed by atoms with Crippen LogP contribution in [0.1, 0.15) is 24.5 Å². The maximum Gasteiger partial charge on any atom is 0.237 e. The van der Waals surface area contributed by atoms with Crippen LogP contribution in [0, 0.1) is 5.82 Å². The number of rotatable bonds is 8. The summed E-state index contributed by atoms with van der Waals surface area (Å²) in [5.74, 6) is 1.72. The Hall–Kier alpha value is -3.06.